The van der Waals surface area contributed by atoms with E-state index >= 15 is 0 Å². The highest BCUT2D eigenvalue weighted by atomic mass is 35.5. The molecule has 3 rings (SSSR count). The van der Waals surface area contributed by atoms with Gasteiger partial charge in [-0.2, -0.15) is 0 Å². The number of halogens is 1. The van der Waals surface area contributed by atoms with Crippen LogP contribution in [-0.4, -0.2) is 9.97 Å². The molecule has 3 nitrogen and oxygen atoms in total. The number of rotatable bonds is 3. The number of hydrogen-bond donors (Lipinski definition) is 1. The second-order valence-corrected chi connectivity index (χ2v) is 5.31. The van der Waals surface area contributed by atoms with Gasteiger partial charge in [0.2, 0.25) is 0 Å². The summed E-state index contributed by atoms with van der Waals surface area (Å²) in [6, 6.07) is 11.8. The lowest BCUT2D eigenvalue weighted by Crippen LogP contribution is -1.97. The topological polar surface area (TPSA) is 37.9 Å². The van der Waals surface area contributed by atoms with Gasteiger partial charge in [0.1, 0.15) is 18.2 Å². The van der Waals surface area contributed by atoms with Crippen LogP contribution in [0.25, 0.3) is 11.0 Å². The molecule has 1 aromatic heterocycles. The van der Waals surface area contributed by atoms with Crippen LogP contribution in [-0.2, 0) is 6.61 Å². The standard InChI is InChI=1S/C16H15ClN2O/c1-10-3-6-14-15(7-10)19-16(18-14)9-20-12-4-5-13(17)11(2)8-12/h3-8H,9H2,1-2H3,(H,18,19). The first-order valence-electron chi connectivity index (χ1n) is 6.46. The van der Waals surface area contributed by atoms with Crippen LogP contribution in [0.5, 0.6) is 5.75 Å². The largest absolute Gasteiger partial charge is 0.486 e. The molecule has 0 aliphatic carbocycles. The molecule has 0 saturated heterocycles. The molecule has 2 aromatic carbocycles. The molecule has 1 heterocycles. The summed E-state index contributed by atoms with van der Waals surface area (Å²) in [4.78, 5) is 7.77. The lowest BCUT2D eigenvalue weighted by atomic mass is 10.2. The summed E-state index contributed by atoms with van der Waals surface area (Å²) in [7, 11) is 0. The van der Waals surface area contributed by atoms with E-state index in [2.05, 4.69) is 29.0 Å². The number of benzene rings is 2. The molecule has 0 aliphatic rings. The fourth-order valence-corrected chi connectivity index (χ4v) is 2.22. The van der Waals surface area contributed by atoms with E-state index in [1.807, 2.05) is 31.2 Å². The van der Waals surface area contributed by atoms with Gasteiger partial charge in [-0.1, -0.05) is 17.7 Å². The SMILES string of the molecule is Cc1ccc2nc(COc3ccc(Cl)c(C)c3)[nH]c2c1. The third kappa shape index (κ3) is 2.63. The van der Waals surface area contributed by atoms with Gasteiger partial charge in [-0.25, -0.2) is 4.98 Å². The molecule has 102 valence electrons. The van der Waals surface area contributed by atoms with E-state index in [0.717, 1.165) is 33.2 Å². The lowest BCUT2D eigenvalue weighted by Gasteiger charge is -2.05. The van der Waals surface area contributed by atoms with Crippen LogP contribution in [0.1, 0.15) is 17.0 Å². The number of imidazole rings is 1. The van der Waals surface area contributed by atoms with Crippen molar-refractivity contribution in [2.24, 2.45) is 0 Å². The third-order valence-electron chi connectivity index (χ3n) is 3.19. The first-order valence-corrected chi connectivity index (χ1v) is 6.84. The number of hydrogen-bond acceptors (Lipinski definition) is 2. The smallest absolute Gasteiger partial charge is 0.146 e. The quantitative estimate of drug-likeness (QED) is 0.774. The number of nitrogens with one attached hydrogen (secondary N) is 1. The van der Waals surface area contributed by atoms with E-state index in [0.29, 0.717) is 6.61 Å². The van der Waals surface area contributed by atoms with Crippen LogP contribution in [0.15, 0.2) is 36.4 Å². The van der Waals surface area contributed by atoms with Crippen LogP contribution < -0.4 is 4.74 Å². The highest BCUT2D eigenvalue weighted by Crippen LogP contribution is 2.22. The molecule has 0 bridgehead atoms. The molecular formula is C16H15ClN2O. The Labute approximate surface area is 122 Å². The van der Waals surface area contributed by atoms with Crippen molar-refractivity contribution in [1.82, 2.24) is 9.97 Å². The first-order chi connectivity index (χ1) is 9.61. The predicted molar refractivity (Wildman–Crippen MR) is 81.4 cm³/mol. The Hall–Kier alpha value is -2.00. The van der Waals surface area contributed by atoms with Crippen LogP contribution in [0.2, 0.25) is 5.02 Å². The van der Waals surface area contributed by atoms with Crippen molar-refractivity contribution in [1.29, 1.82) is 0 Å². The Bertz CT molecular complexity index is 764. The van der Waals surface area contributed by atoms with Crippen LogP contribution in [0.4, 0.5) is 0 Å². The van der Waals surface area contributed by atoms with Gasteiger partial charge in [-0.15, -0.1) is 0 Å². The number of fused-ring (bicyclic) bond motifs is 1. The summed E-state index contributed by atoms with van der Waals surface area (Å²) in [6.07, 6.45) is 0. The van der Waals surface area contributed by atoms with Crippen molar-refractivity contribution >= 4 is 22.6 Å². The highest BCUT2D eigenvalue weighted by Gasteiger charge is 2.04. The van der Waals surface area contributed by atoms with E-state index in [1.54, 1.807) is 0 Å². The van der Waals surface area contributed by atoms with Gasteiger partial charge < -0.3 is 9.72 Å². The maximum atomic E-state index is 5.99. The van der Waals surface area contributed by atoms with Gasteiger partial charge in [-0.3, -0.25) is 0 Å². The zero-order valence-electron chi connectivity index (χ0n) is 11.4. The summed E-state index contributed by atoms with van der Waals surface area (Å²) in [5, 5.41) is 0.747. The Morgan fingerprint density at radius 3 is 2.80 bits per heavy atom. The Morgan fingerprint density at radius 1 is 1.15 bits per heavy atom. The fraction of sp³-hybridized carbons (Fsp3) is 0.188. The van der Waals surface area contributed by atoms with E-state index in [1.165, 1.54) is 5.56 Å². The Morgan fingerprint density at radius 2 is 2.00 bits per heavy atom. The van der Waals surface area contributed by atoms with Gasteiger partial charge >= 0.3 is 0 Å². The first kappa shape index (κ1) is 13.0. The second kappa shape index (κ2) is 5.17. The summed E-state index contributed by atoms with van der Waals surface area (Å²) in [5.74, 6) is 1.61. The molecule has 0 amide bonds. The lowest BCUT2D eigenvalue weighted by molar-refractivity contribution is 0.297. The molecule has 1 N–H and O–H groups in total. The maximum Gasteiger partial charge on any atom is 0.146 e. The Kier molecular flexibility index (Phi) is 3.36. The number of ether oxygens (including phenoxy) is 1. The number of H-pyrrole nitrogens is 1. The molecule has 0 fully saturated rings. The summed E-state index contributed by atoms with van der Waals surface area (Å²) in [6.45, 7) is 4.43. The normalized spacial score (nSPS) is 10.9. The van der Waals surface area contributed by atoms with Gasteiger partial charge in [0, 0.05) is 5.02 Å². The molecule has 20 heavy (non-hydrogen) atoms. The number of aromatic nitrogens is 2. The van der Waals surface area contributed by atoms with E-state index in [4.69, 9.17) is 16.3 Å². The average Bonchev–Trinajstić information content (AvgIpc) is 2.82. The maximum absolute atomic E-state index is 5.99. The van der Waals surface area contributed by atoms with Gasteiger partial charge in [0.25, 0.3) is 0 Å². The molecular weight excluding hydrogens is 272 g/mol. The van der Waals surface area contributed by atoms with Crippen LogP contribution >= 0.6 is 11.6 Å². The third-order valence-corrected chi connectivity index (χ3v) is 3.62. The minimum absolute atomic E-state index is 0.412. The minimum Gasteiger partial charge on any atom is -0.486 e. The zero-order valence-corrected chi connectivity index (χ0v) is 12.2. The molecule has 0 saturated carbocycles. The van der Waals surface area contributed by atoms with E-state index in [-0.39, 0.29) is 0 Å². The summed E-state index contributed by atoms with van der Waals surface area (Å²) in [5.41, 5.74) is 4.21. The molecule has 4 heteroatoms. The average molecular weight is 287 g/mol. The van der Waals surface area contributed by atoms with Crippen molar-refractivity contribution in [3.8, 4) is 5.75 Å². The van der Waals surface area contributed by atoms with Gasteiger partial charge in [-0.05, 0) is 55.3 Å². The zero-order chi connectivity index (χ0) is 14.1. The molecule has 0 unspecified atom stereocenters. The van der Waals surface area contributed by atoms with Crippen molar-refractivity contribution in [2.75, 3.05) is 0 Å². The van der Waals surface area contributed by atoms with Crippen molar-refractivity contribution in [3.05, 3.63) is 58.4 Å². The van der Waals surface area contributed by atoms with Crippen molar-refractivity contribution < 1.29 is 4.74 Å². The second-order valence-electron chi connectivity index (χ2n) is 4.90. The Balaban J connectivity index is 1.77. The molecule has 0 spiro atoms. The minimum atomic E-state index is 0.412. The van der Waals surface area contributed by atoms with E-state index in [9.17, 15) is 0 Å². The number of nitrogens with zero attached hydrogens (tertiary/aromatic N) is 1. The van der Waals surface area contributed by atoms with Crippen molar-refractivity contribution in [3.63, 3.8) is 0 Å². The fourth-order valence-electron chi connectivity index (χ4n) is 2.10. The molecule has 0 atom stereocenters. The molecule has 3 aromatic rings. The van der Waals surface area contributed by atoms with E-state index < -0.39 is 0 Å². The number of aryl methyl sites for hydroxylation is 2. The van der Waals surface area contributed by atoms with Crippen molar-refractivity contribution in [2.45, 2.75) is 20.5 Å². The summed E-state index contributed by atoms with van der Waals surface area (Å²) >= 11 is 5.99. The molecule has 0 aliphatic heterocycles. The van der Waals surface area contributed by atoms with Gasteiger partial charge in [0.15, 0.2) is 0 Å². The van der Waals surface area contributed by atoms with Gasteiger partial charge in [0.05, 0.1) is 11.0 Å². The molecule has 0 radical (unpaired) electrons. The monoisotopic (exact) mass is 286 g/mol. The summed E-state index contributed by atoms with van der Waals surface area (Å²) < 4.78 is 5.74. The van der Waals surface area contributed by atoms with Crippen LogP contribution in [0, 0.1) is 13.8 Å². The van der Waals surface area contributed by atoms with Crippen LogP contribution in [0.3, 0.4) is 0 Å². The number of aromatic amines is 1. The highest BCUT2D eigenvalue weighted by molar-refractivity contribution is 6.31. The predicted octanol–water partition coefficient (Wildman–Crippen LogP) is 4.41.